The summed E-state index contributed by atoms with van der Waals surface area (Å²) in [5.41, 5.74) is 0.524. The Morgan fingerprint density at radius 2 is 2.19 bits per heavy atom. The third kappa shape index (κ3) is 4.25. The fourth-order valence-electron chi connectivity index (χ4n) is 2.31. The van der Waals surface area contributed by atoms with Gasteiger partial charge in [-0.15, -0.1) is 0 Å². The van der Waals surface area contributed by atoms with Crippen LogP contribution < -0.4 is 5.32 Å². The SMILES string of the molecule is COCC(=O)N1CCC(NC(=O)c2cccnc2Br)CC1. The number of aromatic nitrogens is 1. The zero-order valence-electron chi connectivity index (χ0n) is 11.8. The van der Waals surface area contributed by atoms with E-state index in [0.717, 1.165) is 12.8 Å². The molecule has 7 heteroatoms. The second-order valence-electron chi connectivity index (χ2n) is 4.90. The lowest BCUT2D eigenvalue weighted by molar-refractivity contribution is -0.136. The molecule has 1 aliphatic rings. The molecule has 1 aliphatic heterocycles. The van der Waals surface area contributed by atoms with E-state index in [1.165, 1.54) is 7.11 Å². The molecular formula is C14H18BrN3O3. The van der Waals surface area contributed by atoms with Crippen LogP contribution in [0.1, 0.15) is 23.2 Å². The minimum absolute atomic E-state index is 0.00252. The number of pyridine rings is 1. The third-order valence-electron chi connectivity index (χ3n) is 3.45. The first-order chi connectivity index (χ1) is 10.1. The molecular weight excluding hydrogens is 338 g/mol. The van der Waals surface area contributed by atoms with Crippen LogP contribution in [0.2, 0.25) is 0 Å². The quantitative estimate of drug-likeness (QED) is 0.824. The number of nitrogens with zero attached hydrogens (tertiary/aromatic N) is 2. The Labute approximate surface area is 132 Å². The summed E-state index contributed by atoms with van der Waals surface area (Å²) >= 11 is 3.27. The number of hydrogen-bond donors (Lipinski definition) is 1. The van der Waals surface area contributed by atoms with Crippen LogP contribution in [0.25, 0.3) is 0 Å². The summed E-state index contributed by atoms with van der Waals surface area (Å²) in [5, 5.41) is 2.99. The first-order valence-electron chi connectivity index (χ1n) is 6.80. The van der Waals surface area contributed by atoms with Gasteiger partial charge in [0.15, 0.2) is 0 Å². The van der Waals surface area contributed by atoms with Gasteiger partial charge < -0.3 is 15.0 Å². The molecule has 0 saturated carbocycles. The topological polar surface area (TPSA) is 71.5 Å². The van der Waals surface area contributed by atoms with Crippen LogP contribution in [0, 0.1) is 0 Å². The number of carbonyl (C=O) groups excluding carboxylic acids is 2. The molecule has 1 N–H and O–H groups in total. The summed E-state index contributed by atoms with van der Waals surface area (Å²) in [6.45, 7) is 1.39. The standard InChI is InChI=1S/C14H18BrN3O3/c1-21-9-12(19)18-7-4-10(5-8-18)17-14(20)11-3-2-6-16-13(11)15/h2-3,6,10H,4-5,7-9H2,1H3,(H,17,20). The van der Waals surface area contributed by atoms with E-state index < -0.39 is 0 Å². The van der Waals surface area contributed by atoms with E-state index in [0.29, 0.717) is 23.3 Å². The van der Waals surface area contributed by atoms with Gasteiger partial charge in [-0.2, -0.15) is 0 Å². The first kappa shape index (κ1) is 15.9. The van der Waals surface area contributed by atoms with Crippen LogP contribution in [0.5, 0.6) is 0 Å². The smallest absolute Gasteiger partial charge is 0.254 e. The Kier molecular flexibility index (Phi) is 5.69. The molecule has 2 amide bonds. The molecule has 0 spiro atoms. The summed E-state index contributed by atoms with van der Waals surface area (Å²) < 4.78 is 5.38. The number of halogens is 1. The maximum atomic E-state index is 12.2. The average Bonchev–Trinajstić information content (AvgIpc) is 2.48. The number of nitrogens with one attached hydrogen (secondary N) is 1. The van der Waals surface area contributed by atoms with Crippen molar-refractivity contribution in [3.8, 4) is 0 Å². The van der Waals surface area contributed by atoms with Gasteiger partial charge in [0.25, 0.3) is 5.91 Å². The van der Waals surface area contributed by atoms with Gasteiger partial charge in [0.05, 0.1) is 5.56 Å². The Hall–Kier alpha value is -1.47. The Morgan fingerprint density at radius 3 is 2.81 bits per heavy atom. The van der Waals surface area contributed by atoms with Crippen molar-refractivity contribution < 1.29 is 14.3 Å². The molecule has 2 heterocycles. The fraction of sp³-hybridized carbons (Fsp3) is 0.500. The maximum Gasteiger partial charge on any atom is 0.254 e. The van der Waals surface area contributed by atoms with E-state index in [4.69, 9.17) is 4.74 Å². The van der Waals surface area contributed by atoms with Gasteiger partial charge in [0.2, 0.25) is 5.91 Å². The van der Waals surface area contributed by atoms with E-state index >= 15 is 0 Å². The summed E-state index contributed by atoms with van der Waals surface area (Å²) in [6.07, 6.45) is 3.12. The normalized spacial score (nSPS) is 15.8. The molecule has 0 radical (unpaired) electrons. The van der Waals surface area contributed by atoms with Crippen molar-refractivity contribution >= 4 is 27.7 Å². The molecule has 21 heavy (non-hydrogen) atoms. The van der Waals surface area contributed by atoms with Gasteiger partial charge in [0, 0.05) is 32.4 Å². The van der Waals surface area contributed by atoms with Gasteiger partial charge in [-0.05, 0) is 40.9 Å². The highest BCUT2D eigenvalue weighted by atomic mass is 79.9. The zero-order valence-corrected chi connectivity index (χ0v) is 13.4. The van der Waals surface area contributed by atoms with Gasteiger partial charge >= 0.3 is 0 Å². The van der Waals surface area contributed by atoms with E-state index in [-0.39, 0.29) is 24.5 Å². The van der Waals surface area contributed by atoms with Gasteiger partial charge in [-0.25, -0.2) is 4.98 Å². The van der Waals surface area contributed by atoms with Crippen LogP contribution in [-0.2, 0) is 9.53 Å². The van der Waals surface area contributed by atoms with Gasteiger partial charge in [-0.3, -0.25) is 9.59 Å². The zero-order chi connectivity index (χ0) is 15.2. The molecule has 0 aromatic carbocycles. The summed E-state index contributed by atoms with van der Waals surface area (Å²) in [7, 11) is 1.51. The predicted molar refractivity (Wildman–Crippen MR) is 80.9 cm³/mol. The molecule has 6 nitrogen and oxygen atoms in total. The van der Waals surface area contributed by atoms with Crippen molar-refractivity contribution in [2.24, 2.45) is 0 Å². The van der Waals surface area contributed by atoms with Crippen molar-refractivity contribution in [1.29, 1.82) is 0 Å². The van der Waals surface area contributed by atoms with Crippen LogP contribution in [0.4, 0.5) is 0 Å². The van der Waals surface area contributed by atoms with Crippen molar-refractivity contribution in [3.05, 3.63) is 28.5 Å². The van der Waals surface area contributed by atoms with Crippen LogP contribution in [0.15, 0.2) is 22.9 Å². The van der Waals surface area contributed by atoms with Crippen molar-refractivity contribution in [3.63, 3.8) is 0 Å². The molecule has 1 aromatic rings. The van der Waals surface area contributed by atoms with Crippen LogP contribution in [-0.4, -0.2) is 54.5 Å². The summed E-state index contributed by atoms with van der Waals surface area (Å²) in [4.78, 5) is 29.7. The highest BCUT2D eigenvalue weighted by Crippen LogP contribution is 2.15. The molecule has 0 aliphatic carbocycles. The fourth-order valence-corrected chi connectivity index (χ4v) is 2.74. The number of carbonyl (C=O) groups is 2. The highest BCUT2D eigenvalue weighted by molar-refractivity contribution is 9.10. The Morgan fingerprint density at radius 1 is 1.48 bits per heavy atom. The van der Waals surface area contributed by atoms with E-state index in [1.807, 2.05) is 0 Å². The number of methoxy groups -OCH3 is 1. The van der Waals surface area contributed by atoms with E-state index in [9.17, 15) is 9.59 Å². The molecule has 0 atom stereocenters. The molecule has 0 bridgehead atoms. The van der Waals surface area contributed by atoms with Gasteiger partial charge in [0.1, 0.15) is 11.2 Å². The summed E-state index contributed by atoms with van der Waals surface area (Å²) in [5.74, 6) is -0.145. The molecule has 1 fully saturated rings. The largest absolute Gasteiger partial charge is 0.375 e. The second kappa shape index (κ2) is 7.51. The first-order valence-corrected chi connectivity index (χ1v) is 7.59. The third-order valence-corrected chi connectivity index (χ3v) is 4.09. The lowest BCUT2D eigenvalue weighted by Crippen LogP contribution is -2.47. The Balaban J connectivity index is 1.85. The number of rotatable bonds is 4. The molecule has 2 rings (SSSR count). The van der Waals surface area contributed by atoms with Crippen molar-refractivity contribution in [2.75, 3.05) is 26.8 Å². The van der Waals surface area contributed by atoms with Crippen molar-refractivity contribution in [2.45, 2.75) is 18.9 Å². The number of ether oxygens (including phenoxy) is 1. The molecule has 1 aromatic heterocycles. The average molecular weight is 356 g/mol. The number of likely N-dealkylation sites (tertiary alicyclic amines) is 1. The van der Waals surface area contributed by atoms with Gasteiger partial charge in [-0.1, -0.05) is 0 Å². The van der Waals surface area contributed by atoms with E-state index in [1.54, 1.807) is 23.2 Å². The molecule has 114 valence electrons. The maximum absolute atomic E-state index is 12.2. The number of hydrogen-bond acceptors (Lipinski definition) is 4. The predicted octanol–water partition coefficient (Wildman–Crippen LogP) is 1.21. The lowest BCUT2D eigenvalue weighted by atomic mass is 10.0. The lowest BCUT2D eigenvalue weighted by Gasteiger charge is -2.32. The van der Waals surface area contributed by atoms with Crippen LogP contribution in [0.3, 0.4) is 0 Å². The monoisotopic (exact) mass is 355 g/mol. The second-order valence-corrected chi connectivity index (χ2v) is 5.65. The minimum Gasteiger partial charge on any atom is -0.375 e. The highest BCUT2D eigenvalue weighted by Gasteiger charge is 2.24. The minimum atomic E-state index is -0.142. The Bertz CT molecular complexity index is 516. The number of piperidine rings is 1. The van der Waals surface area contributed by atoms with Crippen LogP contribution >= 0.6 is 15.9 Å². The van der Waals surface area contributed by atoms with Crippen molar-refractivity contribution in [1.82, 2.24) is 15.2 Å². The molecule has 1 saturated heterocycles. The summed E-state index contributed by atoms with van der Waals surface area (Å²) in [6, 6.07) is 3.53. The number of amides is 2. The molecule has 0 unspecified atom stereocenters. The van der Waals surface area contributed by atoms with E-state index in [2.05, 4.69) is 26.2 Å².